The lowest BCUT2D eigenvalue weighted by atomic mass is 10.0. The molecule has 2 saturated heterocycles. The van der Waals surface area contributed by atoms with Gasteiger partial charge in [0, 0.05) is 113 Å². The molecule has 6 heterocycles. The van der Waals surface area contributed by atoms with E-state index in [2.05, 4.69) is 9.80 Å². The predicted octanol–water partition coefficient (Wildman–Crippen LogP) is 11.3. The number of nitrogens with zero attached hydrogens (tertiary/aromatic N) is 6. The van der Waals surface area contributed by atoms with Crippen LogP contribution < -0.4 is 34.8 Å². The minimum atomic E-state index is -0.598. The van der Waals surface area contributed by atoms with Crippen LogP contribution in [0.1, 0.15) is 95.0 Å². The van der Waals surface area contributed by atoms with E-state index in [9.17, 15) is 24.3 Å². The van der Waals surface area contributed by atoms with Crippen LogP contribution in [0.15, 0.2) is 125 Å². The first-order valence-electron chi connectivity index (χ1n) is 30.6. The summed E-state index contributed by atoms with van der Waals surface area (Å²) in [5, 5.41) is 12.0. The zero-order valence-corrected chi connectivity index (χ0v) is 51.7. The van der Waals surface area contributed by atoms with Gasteiger partial charge in [-0.2, -0.15) is 0 Å². The SMILES string of the molecule is Cc1cc(=O)n(CCN2CCC(N(Cc3ccc4c(c3)OCCO4)C(=O)OC(C)(C)C)CC2)c2cc(O)ccc12.Cc1cc(=O)n(CCN2CCC(N(Cc3ccc4c(c3)OCCO4)C(=O)OC(C)(C)C)CC2)c2cc(OCc3ccccc3)ccc12. The zero-order chi connectivity index (χ0) is 61.4. The number of pyridine rings is 2. The quantitative estimate of drug-likeness (QED) is 0.103. The Balaban J connectivity index is 0.000000195. The summed E-state index contributed by atoms with van der Waals surface area (Å²) >= 11 is 0. The monoisotopic (exact) mass is 1190 g/mol. The van der Waals surface area contributed by atoms with Crippen molar-refractivity contribution in [1.29, 1.82) is 0 Å². The molecule has 0 unspecified atom stereocenters. The van der Waals surface area contributed by atoms with Gasteiger partial charge in [-0.15, -0.1) is 0 Å². The van der Waals surface area contributed by atoms with Gasteiger partial charge in [-0.05, 0) is 157 Å². The number of likely N-dealkylation sites (tertiary alicyclic amines) is 2. The molecule has 2 amide bonds. The molecule has 2 fully saturated rings. The Morgan fingerprint density at radius 2 is 0.954 bits per heavy atom. The number of fused-ring (bicyclic) bond motifs is 4. The van der Waals surface area contributed by atoms with E-state index in [1.807, 2.05) is 161 Å². The van der Waals surface area contributed by atoms with Crippen molar-refractivity contribution in [2.24, 2.45) is 0 Å². The highest BCUT2D eigenvalue weighted by Crippen LogP contribution is 2.35. The van der Waals surface area contributed by atoms with Crippen LogP contribution in [0, 0.1) is 13.8 Å². The minimum absolute atomic E-state index is 0.0133. The third-order valence-electron chi connectivity index (χ3n) is 16.3. The molecular weight excluding hydrogens is 1100 g/mol. The summed E-state index contributed by atoms with van der Waals surface area (Å²) in [7, 11) is 0. The van der Waals surface area contributed by atoms with E-state index >= 15 is 0 Å². The van der Waals surface area contributed by atoms with Crippen LogP contribution in [-0.4, -0.2) is 135 Å². The average molecular weight is 1190 g/mol. The van der Waals surface area contributed by atoms with Crippen LogP contribution >= 0.6 is 0 Å². The first kappa shape index (κ1) is 61.9. The second-order valence-electron chi connectivity index (χ2n) is 25.1. The fourth-order valence-electron chi connectivity index (χ4n) is 11.8. The molecule has 0 aliphatic carbocycles. The standard InChI is InChI=1S/C38H45N3O6.C31H39N3O6/c1-27-22-36(42)40(33-24-31(11-12-32(27)33)46-26-28-8-6-5-7-9-28)19-18-39-16-14-30(15-17-39)41(37(43)47-38(2,3)4)25-29-10-13-34-35(23-29)45-21-20-44-34;1-21-17-29(36)33(26-19-24(35)6-7-25(21)26)14-13-32-11-9-23(10-12-32)34(30(37)40-31(2,3)4)20-22-5-8-27-28(18-22)39-16-15-38-27/h5-13,22-24,30H,14-21,25-26H2,1-4H3;5-8,17-19,23,35H,9-16,20H2,1-4H3. The highest BCUT2D eigenvalue weighted by atomic mass is 16.6. The number of piperidine rings is 2. The highest BCUT2D eigenvalue weighted by Gasteiger charge is 2.34. The van der Waals surface area contributed by atoms with E-state index in [1.54, 1.807) is 28.8 Å². The number of benzene rings is 5. The van der Waals surface area contributed by atoms with Gasteiger partial charge >= 0.3 is 12.2 Å². The van der Waals surface area contributed by atoms with Gasteiger partial charge in [0.15, 0.2) is 23.0 Å². The fraction of sp³-hybridized carbons (Fsp3) is 0.449. The van der Waals surface area contributed by atoms with Crippen molar-refractivity contribution in [3.05, 3.63) is 164 Å². The Labute approximate surface area is 509 Å². The van der Waals surface area contributed by atoms with Gasteiger partial charge < -0.3 is 67.0 Å². The van der Waals surface area contributed by atoms with Crippen LogP contribution in [0.2, 0.25) is 0 Å². The van der Waals surface area contributed by atoms with Crippen molar-refractivity contribution in [3.8, 4) is 34.5 Å². The third-order valence-corrected chi connectivity index (χ3v) is 16.3. The van der Waals surface area contributed by atoms with Gasteiger partial charge in [0.25, 0.3) is 11.1 Å². The largest absolute Gasteiger partial charge is 0.508 e. The van der Waals surface area contributed by atoms with E-state index < -0.39 is 11.2 Å². The van der Waals surface area contributed by atoms with Crippen molar-refractivity contribution < 1.29 is 47.9 Å². The number of ether oxygens (including phenoxy) is 7. The Morgan fingerprint density at radius 3 is 1.41 bits per heavy atom. The number of rotatable bonds is 15. The van der Waals surface area contributed by atoms with E-state index in [0.717, 1.165) is 125 Å². The topological polar surface area (TPSA) is 176 Å². The number of phenols is 1. The summed E-state index contributed by atoms with van der Waals surface area (Å²) in [5.41, 5.74) is 5.24. The summed E-state index contributed by atoms with van der Waals surface area (Å²) in [6, 6.07) is 36.3. The number of aromatic nitrogens is 2. The molecule has 462 valence electrons. The number of aromatic hydroxyl groups is 1. The second kappa shape index (κ2) is 27.2. The molecule has 0 atom stereocenters. The molecule has 2 aromatic heterocycles. The highest BCUT2D eigenvalue weighted by molar-refractivity contribution is 5.84. The van der Waals surface area contributed by atoms with Crippen molar-refractivity contribution >= 4 is 34.0 Å². The van der Waals surface area contributed by atoms with Crippen LogP contribution in [-0.2, 0) is 42.3 Å². The summed E-state index contributed by atoms with van der Waals surface area (Å²) in [6.07, 6.45) is 2.59. The zero-order valence-electron chi connectivity index (χ0n) is 51.7. The molecule has 11 rings (SSSR count). The van der Waals surface area contributed by atoms with Gasteiger partial charge in [0.1, 0.15) is 55.7 Å². The molecule has 7 aromatic rings. The maximum absolute atomic E-state index is 13.5. The molecule has 5 aromatic carbocycles. The normalized spacial score (nSPS) is 15.8. The number of carbonyl (C=O) groups is 2. The average Bonchev–Trinajstić information content (AvgIpc) is 3.42. The van der Waals surface area contributed by atoms with Crippen LogP contribution in [0.4, 0.5) is 9.59 Å². The third kappa shape index (κ3) is 16.1. The molecule has 0 saturated carbocycles. The number of phenolic OH excluding ortho intramolecular Hbond substituents is 1. The molecule has 4 aliphatic rings. The van der Waals surface area contributed by atoms with E-state index in [1.165, 1.54) is 0 Å². The number of amides is 2. The number of hydrogen-bond acceptors (Lipinski definition) is 14. The smallest absolute Gasteiger partial charge is 0.410 e. The fourth-order valence-corrected chi connectivity index (χ4v) is 11.8. The number of aryl methyl sites for hydroxylation is 2. The Morgan fingerprint density at radius 1 is 0.517 bits per heavy atom. The van der Waals surface area contributed by atoms with Crippen molar-refractivity contribution in [3.63, 3.8) is 0 Å². The lowest BCUT2D eigenvalue weighted by Gasteiger charge is -2.39. The molecule has 18 heteroatoms. The van der Waals surface area contributed by atoms with Gasteiger partial charge in [-0.25, -0.2) is 9.59 Å². The van der Waals surface area contributed by atoms with Crippen LogP contribution in [0.5, 0.6) is 34.5 Å². The van der Waals surface area contributed by atoms with Gasteiger partial charge in [-0.1, -0.05) is 42.5 Å². The molecule has 0 bridgehead atoms. The lowest BCUT2D eigenvalue weighted by molar-refractivity contribution is 0.00468. The lowest BCUT2D eigenvalue weighted by Crippen LogP contribution is -2.49. The second-order valence-corrected chi connectivity index (χ2v) is 25.1. The Kier molecular flexibility index (Phi) is 19.4. The summed E-state index contributed by atoms with van der Waals surface area (Å²) in [4.78, 5) is 61.3. The molecule has 4 aliphatic heterocycles. The van der Waals surface area contributed by atoms with E-state index in [4.69, 9.17) is 33.2 Å². The molecule has 0 spiro atoms. The summed E-state index contributed by atoms with van der Waals surface area (Å²) in [6.45, 7) is 24.4. The summed E-state index contributed by atoms with van der Waals surface area (Å²) < 4.78 is 44.2. The number of hydrogen-bond donors (Lipinski definition) is 1. The van der Waals surface area contributed by atoms with E-state index in [0.29, 0.717) is 77.3 Å². The molecule has 87 heavy (non-hydrogen) atoms. The van der Waals surface area contributed by atoms with Gasteiger partial charge in [0.2, 0.25) is 0 Å². The van der Waals surface area contributed by atoms with Crippen molar-refractivity contribution in [1.82, 2.24) is 28.7 Å². The van der Waals surface area contributed by atoms with Gasteiger partial charge in [-0.3, -0.25) is 9.59 Å². The van der Waals surface area contributed by atoms with Crippen LogP contribution in [0.25, 0.3) is 21.8 Å². The molecule has 1 N–H and O–H groups in total. The Bertz CT molecular complexity index is 3670. The van der Waals surface area contributed by atoms with Crippen LogP contribution in [0.3, 0.4) is 0 Å². The van der Waals surface area contributed by atoms with Gasteiger partial charge in [0.05, 0.1) is 11.0 Å². The molecular formula is C69H84N6O12. The first-order valence-corrected chi connectivity index (χ1v) is 30.6. The minimum Gasteiger partial charge on any atom is -0.508 e. The van der Waals surface area contributed by atoms with Crippen molar-refractivity contribution in [2.45, 2.75) is 137 Å². The predicted molar refractivity (Wildman–Crippen MR) is 336 cm³/mol. The first-order chi connectivity index (χ1) is 41.7. The van der Waals surface area contributed by atoms with E-state index in [-0.39, 0.29) is 41.1 Å². The number of carbonyl (C=O) groups excluding carboxylic acids is 2. The molecule has 0 radical (unpaired) electrons. The maximum atomic E-state index is 13.5. The molecule has 18 nitrogen and oxygen atoms in total. The summed E-state index contributed by atoms with van der Waals surface area (Å²) in [5.74, 6) is 3.75. The Hall–Kier alpha value is -8.22. The maximum Gasteiger partial charge on any atom is 0.410 e. The van der Waals surface area contributed by atoms with Crippen molar-refractivity contribution in [2.75, 3.05) is 65.7 Å².